The van der Waals surface area contributed by atoms with Crippen molar-refractivity contribution in [1.29, 1.82) is 0 Å². The van der Waals surface area contributed by atoms with Crippen LogP contribution < -0.4 is 4.90 Å². The highest BCUT2D eigenvalue weighted by atomic mass is 16.2. The number of hydrogen-bond acceptors (Lipinski definition) is 2. The van der Waals surface area contributed by atoms with E-state index < -0.39 is 0 Å². The molecule has 27 heavy (non-hydrogen) atoms. The summed E-state index contributed by atoms with van der Waals surface area (Å²) < 4.78 is 2.26. The molecule has 2 aliphatic carbocycles. The fourth-order valence-electron chi connectivity index (χ4n) is 5.67. The topological polar surface area (TPSA) is 42.3 Å². The lowest BCUT2D eigenvalue weighted by atomic mass is 9.85. The number of aryl methyl sites for hydroxylation is 1. The lowest BCUT2D eigenvalue weighted by Crippen LogP contribution is -2.32. The number of allylic oxidation sites excluding steroid dienone is 2. The number of carbonyl (C=O) groups is 2. The fourth-order valence-corrected chi connectivity index (χ4v) is 5.67. The van der Waals surface area contributed by atoms with E-state index in [1.807, 2.05) is 24.3 Å². The van der Waals surface area contributed by atoms with E-state index in [-0.39, 0.29) is 35.5 Å². The molecule has 0 radical (unpaired) electrons. The molecule has 6 rings (SSSR count). The Hall–Kier alpha value is -2.88. The maximum atomic E-state index is 13.1. The summed E-state index contributed by atoms with van der Waals surface area (Å²) in [5.41, 5.74) is 2.98. The summed E-state index contributed by atoms with van der Waals surface area (Å²) in [4.78, 5) is 27.7. The van der Waals surface area contributed by atoms with Crippen LogP contribution in [0.15, 0.2) is 54.6 Å². The van der Waals surface area contributed by atoms with Crippen LogP contribution in [-0.2, 0) is 16.1 Å². The first-order valence-electron chi connectivity index (χ1n) is 9.76. The van der Waals surface area contributed by atoms with E-state index >= 15 is 0 Å². The molecule has 134 valence electrons. The van der Waals surface area contributed by atoms with Gasteiger partial charge in [-0.1, -0.05) is 36.4 Å². The number of carbonyl (C=O) groups excluding carboxylic acids is 2. The number of amides is 2. The lowest BCUT2D eigenvalue weighted by Gasteiger charge is -2.17. The monoisotopic (exact) mass is 356 g/mol. The minimum Gasteiger partial charge on any atom is -0.341 e. The number of fused-ring (bicyclic) bond motifs is 8. The third-order valence-electron chi connectivity index (χ3n) is 6.80. The molecule has 3 aromatic rings. The van der Waals surface area contributed by atoms with Crippen LogP contribution in [0.2, 0.25) is 0 Å². The number of hydrogen-bond donors (Lipinski definition) is 0. The average Bonchev–Trinajstić information content (AvgIpc) is 3.42. The van der Waals surface area contributed by atoms with Gasteiger partial charge >= 0.3 is 0 Å². The zero-order valence-corrected chi connectivity index (χ0v) is 15.1. The predicted molar refractivity (Wildman–Crippen MR) is 105 cm³/mol. The third-order valence-corrected chi connectivity index (χ3v) is 6.80. The maximum absolute atomic E-state index is 13.1. The summed E-state index contributed by atoms with van der Waals surface area (Å²) in [5, 5.41) is 2.37. The summed E-state index contributed by atoms with van der Waals surface area (Å²) >= 11 is 0. The molecule has 0 spiro atoms. The van der Waals surface area contributed by atoms with E-state index in [1.54, 1.807) is 0 Å². The van der Waals surface area contributed by atoms with Crippen LogP contribution in [0.25, 0.3) is 21.8 Å². The Morgan fingerprint density at radius 2 is 1.56 bits per heavy atom. The maximum Gasteiger partial charge on any atom is 0.238 e. The van der Waals surface area contributed by atoms with E-state index in [0.717, 1.165) is 23.9 Å². The van der Waals surface area contributed by atoms with Crippen LogP contribution in [0.5, 0.6) is 0 Å². The molecule has 4 atom stereocenters. The van der Waals surface area contributed by atoms with Gasteiger partial charge in [0.2, 0.25) is 11.8 Å². The Bertz CT molecular complexity index is 1140. The largest absolute Gasteiger partial charge is 0.341 e. The fraction of sp³-hybridized carbons (Fsp3) is 0.304. The Balaban J connectivity index is 1.52. The Labute approximate surface area is 157 Å². The molecule has 1 saturated heterocycles. The molecule has 4 nitrogen and oxygen atoms in total. The van der Waals surface area contributed by atoms with Gasteiger partial charge in [-0.15, -0.1) is 0 Å². The van der Waals surface area contributed by atoms with Gasteiger partial charge in [-0.25, -0.2) is 4.90 Å². The summed E-state index contributed by atoms with van der Waals surface area (Å²) in [6, 6.07) is 14.4. The molecular weight excluding hydrogens is 336 g/mol. The van der Waals surface area contributed by atoms with E-state index in [2.05, 4.69) is 41.8 Å². The molecule has 0 unspecified atom stereocenters. The second-order valence-electron chi connectivity index (χ2n) is 7.97. The second-order valence-corrected chi connectivity index (χ2v) is 7.97. The van der Waals surface area contributed by atoms with Gasteiger partial charge in [-0.05, 0) is 43.4 Å². The molecule has 2 aromatic carbocycles. The Kier molecular flexibility index (Phi) is 2.87. The minimum atomic E-state index is -0.153. The zero-order chi connectivity index (χ0) is 18.3. The van der Waals surface area contributed by atoms with Crippen molar-refractivity contribution in [2.24, 2.45) is 23.7 Å². The van der Waals surface area contributed by atoms with Crippen LogP contribution in [0.1, 0.15) is 13.3 Å². The van der Waals surface area contributed by atoms with Crippen molar-refractivity contribution in [1.82, 2.24) is 4.57 Å². The molecule has 1 saturated carbocycles. The highest BCUT2D eigenvalue weighted by Gasteiger charge is 2.59. The van der Waals surface area contributed by atoms with Gasteiger partial charge in [0.05, 0.1) is 23.0 Å². The first-order chi connectivity index (χ1) is 13.2. The molecule has 2 amide bonds. The summed E-state index contributed by atoms with van der Waals surface area (Å²) in [5.74, 6) is 0.153. The van der Waals surface area contributed by atoms with Gasteiger partial charge in [0.15, 0.2) is 0 Å². The van der Waals surface area contributed by atoms with Crippen molar-refractivity contribution < 1.29 is 9.59 Å². The van der Waals surface area contributed by atoms with Gasteiger partial charge in [-0.3, -0.25) is 9.59 Å². The summed E-state index contributed by atoms with van der Waals surface area (Å²) in [6.07, 6.45) is 5.24. The van der Waals surface area contributed by atoms with Crippen LogP contribution in [0.4, 0.5) is 5.69 Å². The lowest BCUT2D eigenvalue weighted by molar-refractivity contribution is -0.123. The van der Waals surface area contributed by atoms with Gasteiger partial charge < -0.3 is 4.57 Å². The first kappa shape index (κ1) is 15.2. The predicted octanol–water partition coefficient (Wildman–Crippen LogP) is 4.13. The molecular formula is C23H20N2O2. The van der Waals surface area contributed by atoms with Crippen LogP contribution in [0, 0.1) is 23.7 Å². The van der Waals surface area contributed by atoms with Crippen molar-refractivity contribution in [2.45, 2.75) is 19.9 Å². The number of anilines is 1. The van der Waals surface area contributed by atoms with Gasteiger partial charge in [0.1, 0.15) is 0 Å². The first-order valence-corrected chi connectivity index (χ1v) is 9.76. The highest BCUT2D eigenvalue weighted by molar-refractivity contribution is 6.23. The van der Waals surface area contributed by atoms with E-state index in [1.165, 1.54) is 15.8 Å². The van der Waals surface area contributed by atoms with Crippen molar-refractivity contribution in [3.8, 4) is 0 Å². The van der Waals surface area contributed by atoms with Crippen molar-refractivity contribution in [3.63, 3.8) is 0 Å². The molecule has 2 bridgehead atoms. The van der Waals surface area contributed by atoms with Gasteiger partial charge in [-0.2, -0.15) is 0 Å². The normalized spacial score (nSPS) is 28.9. The van der Waals surface area contributed by atoms with E-state index in [0.29, 0.717) is 5.69 Å². The molecule has 1 aromatic heterocycles. The van der Waals surface area contributed by atoms with Gasteiger partial charge in [0, 0.05) is 22.8 Å². The molecule has 2 fully saturated rings. The minimum absolute atomic E-state index is 0.0136. The summed E-state index contributed by atoms with van der Waals surface area (Å²) in [6.45, 7) is 2.97. The van der Waals surface area contributed by atoms with Crippen molar-refractivity contribution in [2.75, 3.05) is 4.90 Å². The van der Waals surface area contributed by atoms with Gasteiger partial charge in [0.25, 0.3) is 0 Å². The van der Waals surface area contributed by atoms with Crippen molar-refractivity contribution >= 4 is 39.3 Å². The van der Waals surface area contributed by atoms with E-state index in [4.69, 9.17) is 0 Å². The second kappa shape index (κ2) is 5.10. The highest BCUT2D eigenvalue weighted by Crippen LogP contribution is 2.53. The van der Waals surface area contributed by atoms with Crippen molar-refractivity contribution in [3.05, 3.63) is 54.6 Å². The standard InChI is InChI=1S/C23H20N2O2/c1-2-24-18-6-4-3-5-16(18)17-10-9-15(12-19(17)24)25-22(26)20-13-7-8-14(11-13)21(20)23(25)27/h3-10,12-14,20-21H,2,11H2,1H3/t13-,14+,20-,21+. The summed E-state index contributed by atoms with van der Waals surface area (Å²) in [7, 11) is 0. The molecule has 4 heteroatoms. The molecule has 2 heterocycles. The number of imide groups is 1. The number of nitrogens with zero attached hydrogens (tertiary/aromatic N) is 2. The Morgan fingerprint density at radius 3 is 2.26 bits per heavy atom. The number of benzene rings is 2. The van der Waals surface area contributed by atoms with E-state index in [9.17, 15) is 9.59 Å². The average molecular weight is 356 g/mol. The zero-order valence-electron chi connectivity index (χ0n) is 15.1. The number of aromatic nitrogens is 1. The number of rotatable bonds is 2. The van der Waals surface area contributed by atoms with Crippen LogP contribution in [-0.4, -0.2) is 16.4 Å². The molecule has 3 aliphatic rings. The molecule has 0 N–H and O–H groups in total. The number of para-hydroxylation sites is 1. The SMILES string of the molecule is CCn1c2ccccc2c2ccc(N3C(=O)[C@@H]4[C@H](C3=O)[C@@H]3C=C[C@H]4C3)cc21. The quantitative estimate of drug-likeness (QED) is 0.512. The molecule has 1 aliphatic heterocycles. The van der Waals surface area contributed by atoms with Crippen LogP contribution >= 0.6 is 0 Å². The smallest absolute Gasteiger partial charge is 0.238 e. The van der Waals surface area contributed by atoms with Crippen LogP contribution in [0.3, 0.4) is 0 Å². The third kappa shape index (κ3) is 1.78. The Morgan fingerprint density at radius 1 is 0.889 bits per heavy atom.